The van der Waals surface area contributed by atoms with E-state index in [1.807, 2.05) is 6.08 Å². The van der Waals surface area contributed by atoms with Gasteiger partial charge in [-0.2, -0.15) is 0 Å². The average molecular weight is 494 g/mol. The van der Waals surface area contributed by atoms with Crippen molar-refractivity contribution in [1.29, 1.82) is 0 Å². The van der Waals surface area contributed by atoms with Gasteiger partial charge >= 0.3 is 0 Å². The summed E-state index contributed by atoms with van der Waals surface area (Å²) in [5.41, 5.74) is 0. The van der Waals surface area contributed by atoms with Crippen LogP contribution >= 0.6 is 0 Å². The van der Waals surface area contributed by atoms with E-state index in [0.717, 1.165) is 38.5 Å². The van der Waals surface area contributed by atoms with Crippen LogP contribution in [0.25, 0.3) is 0 Å². The molecule has 0 aromatic rings. The normalized spacial score (nSPS) is 13.6. The second kappa shape index (κ2) is 27.5. The van der Waals surface area contributed by atoms with E-state index in [1.54, 1.807) is 6.08 Å². The van der Waals surface area contributed by atoms with Crippen molar-refractivity contribution in [2.45, 2.75) is 161 Å². The fourth-order valence-electron chi connectivity index (χ4n) is 4.29. The molecule has 2 unspecified atom stereocenters. The molecule has 0 aromatic heterocycles. The Morgan fingerprint density at radius 1 is 0.657 bits per heavy atom. The molecule has 1 amide bonds. The molecule has 2 atom stereocenters. The van der Waals surface area contributed by atoms with E-state index >= 15 is 0 Å². The monoisotopic (exact) mass is 493 g/mol. The molecule has 35 heavy (non-hydrogen) atoms. The molecule has 206 valence electrons. The van der Waals surface area contributed by atoms with Crippen LogP contribution in [0.3, 0.4) is 0 Å². The SMILES string of the molecule is CCCCCCC/C=C\CCCCCCCC(=O)NC(CO)C(O)/C=C/CCCCCCCCC. The van der Waals surface area contributed by atoms with E-state index in [4.69, 9.17) is 0 Å². The fourth-order valence-corrected chi connectivity index (χ4v) is 4.29. The molecule has 0 bridgehead atoms. The molecule has 0 aliphatic heterocycles. The quantitative estimate of drug-likeness (QED) is 0.0840. The Bertz CT molecular complexity index is 503. The average Bonchev–Trinajstić information content (AvgIpc) is 2.86. The van der Waals surface area contributed by atoms with Crippen LogP contribution < -0.4 is 5.32 Å². The molecule has 0 radical (unpaired) electrons. The summed E-state index contributed by atoms with van der Waals surface area (Å²) in [5.74, 6) is -0.0783. The molecule has 0 heterocycles. The standard InChI is InChI=1S/C31H59NO3/c1-3-5-7-9-11-13-14-15-16-17-19-21-23-25-27-31(35)32-29(28-33)30(34)26-24-22-20-18-12-10-8-6-4-2/h14-15,24,26,29-30,33-34H,3-13,16-23,25,27-28H2,1-2H3,(H,32,35)/b15-14-,26-24+. The van der Waals surface area contributed by atoms with Crippen molar-refractivity contribution in [2.75, 3.05) is 6.61 Å². The molecule has 0 saturated carbocycles. The highest BCUT2D eigenvalue weighted by Gasteiger charge is 2.17. The van der Waals surface area contributed by atoms with Gasteiger partial charge in [-0.15, -0.1) is 0 Å². The van der Waals surface area contributed by atoms with Crippen molar-refractivity contribution in [3.63, 3.8) is 0 Å². The maximum atomic E-state index is 12.2. The van der Waals surface area contributed by atoms with Gasteiger partial charge in [0, 0.05) is 6.42 Å². The number of carbonyl (C=O) groups is 1. The molecule has 0 fully saturated rings. The zero-order valence-corrected chi connectivity index (χ0v) is 23.3. The maximum absolute atomic E-state index is 12.2. The summed E-state index contributed by atoms with van der Waals surface area (Å²) in [6, 6.07) is -0.619. The highest BCUT2D eigenvalue weighted by atomic mass is 16.3. The number of hydrogen-bond acceptors (Lipinski definition) is 3. The van der Waals surface area contributed by atoms with Crippen molar-refractivity contribution < 1.29 is 15.0 Å². The lowest BCUT2D eigenvalue weighted by atomic mass is 10.1. The summed E-state index contributed by atoms with van der Waals surface area (Å²) in [6.07, 6.45) is 32.5. The van der Waals surface area contributed by atoms with Crippen LogP contribution in [0.15, 0.2) is 24.3 Å². The van der Waals surface area contributed by atoms with Gasteiger partial charge in [-0.3, -0.25) is 4.79 Å². The third-order valence-corrected chi connectivity index (χ3v) is 6.68. The zero-order chi connectivity index (χ0) is 25.8. The lowest BCUT2D eigenvalue weighted by Crippen LogP contribution is -2.45. The number of amides is 1. The Kier molecular flexibility index (Phi) is 26.6. The van der Waals surface area contributed by atoms with Crippen LogP contribution in [0.2, 0.25) is 0 Å². The summed E-state index contributed by atoms with van der Waals surface area (Å²) in [5, 5.41) is 22.6. The Morgan fingerprint density at radius 2 is 1.09 bits per heavy atom. The first-order chi connectivity index (χ1) is 17.2. The van der Waals surface area contributed by atoms with Crippen molar-refractivity contribution >= 4 is 5.91 Å². The van der Waals surface area contributed by atoms with E-state index < -0.39 is 12.1 Å². The first-order valence-electron chi connectivity index (χ1n) is 15.1. The van der Waals surface area contributed by atoms with Crippen LogP contribution in [0.4, 0.5) is 0 Å². The smallest absolute Gasteiger partial charge is 0.220 e. The zero-order valence-electron chi connectivity index (χ0n) is 23.3. The second-order valence-electron chi connectivity index (χ2n) is 10.2. The number of unbranched alkanes of at least 4 members (excludes halogenated alkanes) is 17. The van der Waals surface area contributed by atoms with Gasteiger partial charge in [0.05, 0.1) is 18.8 Å². The van der Waals surface area contributed by atoms with Gasteiger partial charge in [-0.1, -0.05) is 122 Å². The molecular formula is C31H59NO3. The Labute approximate surface area is 218 Å². The Hall–Kier alpha value is -1.13. The summed E-state index contributed by atoms with van der Waals surface area (Å²) in [4.78, 5) is 12.2. The lowest BCUT2D eigenvalue weighted by Gasteiger charge is -2.20. The third-order valence-electron chi connectivity index (χ3n) is 6.68. The highest BCUT2D eigenvalue weighted by molar-refractivity contribution is 5.76. The molecule has 0 aromatic carbocycles. The van der Waals surface area contributed by atoms with Gasteiger partial charge in [-0.25, -0.2) is 0 Å². The predicted molar refractivity (Wildman–Crippen MR) is 152 cm³/mol. The number of carbonyl (C=O) groups excluding carboxylic acids is 1. The van der Waals surface area contributed by atoms with E-state index in [1.165, 1.54) is 89.9 Å². The van der Waals surface area contributed by atoms with E-state index in [2.05, 4.69) is 31.3 Å². The number of nitrogens with one attached hydrogen (secondary N) is 1. The van der Waals surface area contributed by atoms with Gasteiger partial charge in [0.15, 0.2) is 0 Å². The van der Waals surface area contributed by atoms with Crippen molar-refractivity contribution in [1.82, 2.24) is 5.32 Å². The molecule has 0 aliphatic rings. The van der Waals surface area contributed by atoms with Crippen LogP contribution in [-0.2, 0) is 4.79 Å². The summed E-state index contributed by atoms with van der Waals surface area (Å²) in [6.45, 7) is 4.24. The molecule has 4 nitrogen and oxygen atoms in total. The minimum Gasteiger partial charge on any atom is -0.394 e. The molecular weight excluding hydrogens is 434 g/mol. The summed E-state index contributed by atoms with van der Waals surface area (Å²) >= 11 is 0. The van der Waals surface area contributed by atoms with E-state index in [9.17, 15) is 15.0 Å². The van der Waals surface area contributed by atoms with Gasteiger partial charge in [0.1, 0.15) is 0 Å². The number of rotatable bonds is 26. The molecule has 3 N–H and O–H groups in total. The fraction of sp³-hybridized carbons (Fsp3) is 0.839. The number of allylic oxidation sites excluding steroid dienone is 3. The topological polar surface area (TPSA) is 69.6 Å². The molecule has 0 saturated heterocycles. The molecule has 0 aliphatic carbocycles. The largest absolute Gasteiger partial charge is 0.394 e. The maximum Gasteiger partial charge on any atom is 0.220 e. The van der Waals surface area contributed by atoms with Gasteiger partial charge in [0.25, 0.3) is 0 Å². The third kappa shape index (κ3) is 24.3. The number of hydrogen-bond donors (Lipinski definition) is 3. The van der Waals surface area contributed by atoms with Gasteiger partial charge in [-0.05, 0) is 44.9 Å². The first kappa shape index (κ1) is 33.9. The van der Waals surface area contributed by atoms with Crippen LogP contribution in [-0.4, -0.2) is 34.9 Å². The minimum atomic E-state index is -0.835. The van der Waals surface area contributed by atoms with Crippen LogP contribution in [0.5, 0.6) is 0 Å². The van der Waals surface area contributed by atoms with Crippen molar-refractivity contribution in [3.8, 4) is 0 Å². The van der Waals surface area contributed by atoms with Gasteiger partial charge < -0.3 is 15.5 Å². The predicted octanol–water partition coefficient (Wildman–Crippen LogP) is 8.17. The summed E-state index contributed by atoms with van der Waals surface area (Å²) in [7, 11) is 0. The van der Waals surface area contributed by atoms with E-state index in [0.29, 0.717) is 6.42 Å². The lowest BCUT2D eigenvalue weighted by molar-refractivity contribution is -0.123. The second-order valence-corrected chi connectivity index (χ2v) is 10.2. The summed E-state index contributed by atoms with van der Waals surface area (Å²) < 4.78 is 0. The molecule has 0 spiro atoms. The van der Waals surface area contributed by atoms with Crippen molar-refractivity contribution in [3.05, 3.63) is 24.3 Å². The van der Waals surface area contributed by atoms with Crippen molar-refractivity contribution in [2.24, 2.45) is 0 Å². The molecule has 0 rings (SSSR count). The Balaban J connectivity index is 3.69. The minimum absolute atomic E-state index is 0.0783. The number of aliphatic hydroxyl groups is 2. The van der Waals surface area contributed by atoms with E-state index in [-0.39, 0.29) is 12.5 Å². The van der Waals surface area contributed by atoms with Crippen LogP contribution in [0, 0.1) is 0 Å². The Morgan fingerprint density at radius 3 is 1.57 bits per heavy atom. The first-order valence-corrected chi connectivity index (χ1v) is 15.1. The van der Waals surface area contributed by atoms with Gasteiger partial charge in [0.2, 0.25) is 5.91 Å². The molecule has 4 heteroatoms. The highest BCUT2D eigenvalue weighted by Crippen LogP contribution is 2.11. The van der Waals surface area contributed by atoms with Crippen LogP contribution in [0.1, 0.15) is 149 Å². The number of aliphatic hydroxyl groups excluding tert-OH is 2.